The minimum atomic E-state index is -0.619. The second-order valence-corrected chi connectivity index (χ2v) is 4.71. The molecule has 0 atom stereocenters. The molecule has 0 unspecified atom stereocenters. The van der Waals surface area contributed by atoms with E-state index in [2.05, 4.69) is 30.6 Å². The average molecular weight is 252 g/mol. The molecule has 0 fully saturated rings. The molecule has 0 bridgehead atoms. The molecule has 18 heavy (non-hydrogen) atoms. The zero-order chi connectivity index (χ0) is 13.2. The Morgan fingerprint density at radius 3 is 2.78 bits per heavy atom. The molecule has 2 aromatic heterocycles. The molecule has 0 saturated heterocycles. The van der Waals surface area contributed by atoms with Gasteiger partial charge in [0.1, 0.15) is 5.82 Å². The molecule has 7 nitrogen and oxygen atoms in total. The first-order valence-electron chi connectivity index (χ1n) is 5.35. The number of halogens is 1. The zero-order valence-corrected chi connectivity index (χ0v) is 10.3. The number of aromatic amines is 1. The highest BCUT2D eigenvalue weighted by molar-refractivity contribution is 5.15. The number of tetrazole rings is 1. The fourth-order valence-corrected chi connectivity index (χ4v) is 1.19. The molecule has 0 amide bonds. The van der Waals surface area contributed by atoms with E-state index in [1.165, 1.54) is 0 Å². The van der Waals surface area contributed by atoms with Crippen molar-refractivity contribution in [1.82, 2.24) is 30.6 Å². The van der Waals surface area contributed by atoms with Gasteiger partial charge in [-0.1, -0.05) is 26.0 Å². The fourth-order valence-electron chi connectivity index (χ4n) is 1.19. The largest absolute Gasteiger partial charge is 0.467 e. The topological polar surface area (TPSA) is 89.5 Å². The first kappa shape index (κ1) is 12.3. The zero-order valence-electron chi connectivity index (χ0n) is 10.3. The molecule has 2 heterocycles. The van der Waals surface area contributed by atoms with E-state index in [0.29, 0.717) is 11.6 Å². The predicted molar refractivity (Wildman–Crippen MR) is 59.2 cm³/mol. The van der Waals surface area contributed by atoms with Crippen LogP contribution >= 0.6 is 0 Å². The van der Waals surface area contributed by atoms with Crippen LogP contribution in [0.15, 0.2) is 6.20 Å². The van der Waals surface area contributed by atoms with Gasteiger partial charge in [0.05, 0.1) is 6.20 Å². The normalized spacial score (nSPS) is 11.6. The first-order valence-corrected chi connectivity index (χ1v) is 5.35. The van der Waals surface area contributed by atoms with Crippen LogP contribution in [0, 0.1) is 5.82 Å². The number of nitrogens with zero attached hydrogens (tertiary/aromatic N) is 5. The van der Waals surface area contributed by atoms with Gasteiger partial charge in [-0.15, -0.1) is 10.2 Å². The summed E-state index contributed by atoms with van der Waals surface area (Å²) in [5.41, 5.74) is -0.280. The number of hydrogen-bond acceptors (Lipinski definition) is 6. The molecule has 8 heteroatoms. The summed E-state index contributed by atoms with van der Waals surface area (Å²) >= 11 is 0. The van der Waals surface area contributed by atoms with Crippen LogP contribution in [0.5, 0.6) is 5.88 Å². The predicted octanol–water partition coefficient (Wildman–Crippen LogP) is 1.01. The number of aromatic nitrogens is 6. The average Bonchev–Trinajstić information content (AvgIpc) is 2.79. The van der Waals surface area contributed by atoms with Crippen LogP contribution in [-0.4, -0.2) is 30.6 Å². The lowest BCUT2D eigenvalue weighted by Crippen LogP contribution is -2.17. The minimum absolute atomic E-state index is 0.00594. The van der Waals surface area contributed by atoms with Gasteiger partial charge in [-0.05, 0) is 0 Å². The van der Waals surface area contributed by atoms with E-state index in [1.807, 2.05) is 20.8 Å². The Balaban J connectivity index is 2.16. The highest BCUT2D eigenvalue weighted by Gasteiger charge is 2.20. The van der Waals surface area contributed by atoms with Gasteiger partial charge in [0.25, 0.3) is 5.88 Å². The molecule has 0 radical (unpaired) electrons. The van der Waals surface area contributed by atoms with Gasteiger partial charge in [0.15, 0.2) is 6.61 Å². The summed E-state index contributed by atoms with van der Waals surface area (Å²) in [6.07, 6.45) is 1.10. The molecule has 2 rings (SSSR count). The van der Waals surface area contributed by atoms with Gasteiger partial charge < -0.3 is 4.74 Å². The molecular formula is C10H13FN6O. The smallest absolute Gasteiger partial charge is 0.254 e. The van der Waals surface area contributed by atoms with Crippen molar-refractivity contribution in [3.63, 3.8) is 0 Å². The van der Waals surface area contributed by atoms with Crippen molar-refractivity contribution < 1.29 is 9.13 Å². The lowest BCUT2D eigenvalue weighted by atomic mass is 9.96. The third-order valence-corrected chi connectivity index (χ3v) is 2.11. The first-order chi connectivity index (χ1) is 8.47. The second kappa shape index (κ2) is 4.63. The summed E-state index contributed by atoms with van der Waals surface area (Å²) in [6.45, 7) is 5.80. The van der Waals surface area contributed by atoms with E-state index in [-0.39, 0.29) is 17.9 Å². The highest BCUT2D eigenvalue weighted by Crippen LogP contribution is 2.22. The molecule has 0 aliphatic rings. The van der Waals surface area contributed by atoms with Crippen LogP contribution < -0.4 is 4.74 Å². The SMILES string of the molecule is CC(C)(C)c1ncc(F)c(OCc2nn[nH]n2)n1. The third kappa shape index (κ3) is 2.76. The summed E-state index contributed by atoms with van der Waals surface area (Å²) in [7, 11) is 0. The van der Waals surface area contributed by atoms with Crippen molar-refractivity contribution in [2.75, 3.05) is 0 Å². The maximum Gasteiger partial charge on any atom is 0.254 e. The van der Waals surface area contributed by atoms with E-state index in [0.717, 1.165) is 6.20 Å². The number of ether oxygens (including phenoxy) is 1. The number of H-pyrrole nitrogens is 1. The van der Waals surface area contributed by atoms with Crippen LogP contribution in [0.25, 0.3) is 0 Å². The molecule has 2 aromatic rings. The third-order valence-electron chi connectivity index (χ3n) is 2.11. The quantitative estimate of drug-likeness (QED) is 0.876. The maximum absolute atomic E-state index is 13.5. The van der Waals surface area contributed by atoms with Crippen molar-refractivity contribution in [2.45, 2.75) is 32.8 Å². The number of hydrogen-bond donors (Lipinski definition) is 1. The van der Waals surface area contributed by atoms with Gasteiger partial charge in [-0.3, -0.25) is 0 Å². The fraction of sp³-hybridized carbons (Fsp3) is 0.500. The Kier molecular flexibility index (Phi) is 3.17. The Bertz CT molecular complexity index is 522. The van der Waals surface area contributed by atoms with Gasteiger partial charge in [0, 0.05) is 5.41 Å². The molecule has 0 aliphatic heterocycles. The standard InChI is InChI=1S/C10H13FN6O/c1-10(2,3)9-12-4-6(11)8(13-9)18-5-7-14-16-17-15-7/h4H,5H2,1-3H3,(H,14,15,16,17). The van der Waals surface area contributed by atoms with Crippen molar-refractivity contribution in [1.29, 1.82) is 0 Å². The van der Waals surface area contributed by atoms with Crippen LogP contribution in [0.1, 0.15) is 32.4 Å². The summed E-state index contributed by atoms with van der Waals surface area (Å²) in [5.74, 6) is 0.101. The van der Waals surface area contributed by atoms with Crippen molar-refractivity contribution in [2.24, 2.45) is 0 Å². The molecular weight excluding hydrogens is 239 g/mol. The van der Waals surface area contributed by atoms with Gasteiger partial charge in [-0.25, -0.2) is 4.98 Å². The van der Waals surface area contributed by atoms with E-state index < -0.39 is 5.82 Å². The minimum Gasteiger partial charge on any atom is -0.467 e. The Morgan fingerprint density at radius 2 is 2.17 bits per heavy atom. The summed E-state index contributed by atoms with van der Waals surface area (Å²) in [4.78, 5) is 7.99. The summed E-state index contributed by atoms with van der Waals surface area (Å²) < 4.78 is 18.7. The maximum atomic E-state index is 13.5. The van der Waals surface area contributed by atoms with Gasteiger partial charge >= 0.3 is 0 Å². The molecule has 0 spiro atoms. The van der Waals surface area contributed by atoms with Crippen LogP contribution in [0.4, 0.5) is 4.39 Å². The molecule has 1 N–H and O–H groups in total. The lowest BCUT2D eigenvalue weighted by molar-refractivity contribution is 0.264. The van der Waals surface area contributed by atoms with Crippen molar-refractivity contribution >= 4 is 0 Å². The Hall–Kier alpha value is -2.12. The summed E-state index contributed by atoms with van der Waals surface area (Å²) in [6, 6.07) is 0. The van der Waals surface area contributed by atoms with E-state index in [9.17, 15) is 4.39 Å². The number of rotatable bonds is 3. The number of nitrogens with one attached hydrogen (secondary N) is 1. The van der Waals surface area contributed by atoms with E-state index in [4.69, 9.17) is 4.74 Å². The van der Waals surface area contributed by atoms with Crippen molar-refractivity contribution in [3.8, 4) is 5.88 Å². The van der Waals surface area contributed by atoms with Gasteiger partial charge in [0.2, 0.25) is 11.6 Å². The van der Waals surface area contributed by atoms with Crippen molar-refractivity contribution in [3.05, 3.63) is 23.7 Å². The lowest BCUT2D eigenvalue weighted by Gasteiger charge is -2.16. The monoisotopic (exact) mass is 252 g/mol. The van der Waals surface area contributed by atoms with Crippen LogP contribution in [0.3, 0.4) is 0 Å². The molecule has 0 saturated carbocycles. The second-order valence-electron chi connectivity index (χ2n) is 4.71. The summed E-state index contributed by atoms with van der Waals surface area (Å²) in [5, 5.41) is 13.0. The Labute approximate surface area is 103 Å². The highest BCUT2D eigenvalue weighted by atomic mass is 19.1. The Morgan fingerprint density at radius 1 is 1.39 bits per heavy atom. The molecule has 0 aromatic carbocycles. The van der Waals surface area contributed by atoms with Crippen LogP contribution in [0.2, 0.25) is 0 Å². The van der Waals surface area contributed by atoms with E-state index in [1.54, 1.807) is 0 Å². The van der Waals surface area contributed by atoms with E-state index >= 15 is 0 Å². The van der Waals surface area contributed by atoms with Crippen LogP contribution in [-0.2, 0) is 12.0 Å². The van der Waals surface area contributed by atoms with Gasteiger partial charge in [-0.2, -0.15) is 14.6 Å². The molecule has 96 valence electrons. The molecule has 0 aliphatic carbocycles.